The van der Waals surface area contributed by atoms with Crippen LogP contribution in [0.25, 0.3) is 11.4 Å². The molecule has 2 bridgehead atoms. The predicted octanol–water partition coefficient (Wildman–Crippen LogP) is 3.21. The van der Waals surface area contributed by atoms with Crippen LogP contribution in [0.3, 0.4) is 0 Å². The molecule has 3 atom stereocenters. The maximum absolute atomic E-state index is 12.6. The lowest BCUT2D eigenvalue weighted by Gasteiger charge is -2.37. The smallest absolute Gasteiger partial charge is 0.317 e. The summed E-state index contributed by atoms with van der Waals surface area (Å²) >= 11 is 0. The molecule has 2 saturated heterocycles. The van der Waals surface area contributed by atoms with Crippen molar-refractivity contribution >= 4 is 6.03 Å². The van der Waals surface area contributed by atoms with Crippen LogP contribution in [0.1, 0.15) is 51.3 Å². The van der Waals surface area contributed by atoms with Crippen molar-refractivity contribution in [2.24, 2.45) is 5.92 Å². The van der Waals surface area contributed by atoms with E-state index in [1.54, 1.807) is 12.4 Å². The summed E-state index contributed by atoms with van der Waals surface area (Å²) in [5.41, 5.74) is 0.857. The molecule has 0 aromatic carbocycles. The van der Waals surface area contributed by atoms with Gasteiger partial charge in [0.2, 0.25) is 11.7 Å². The molecule has 2 fully saturated rings. The molecule has 4 heterocycles. The summed E-state index contributed by atoms with van der Waals surface area (Å²) in [7, 11) is 0. The zero-order valence-corrected chi connectivity index (χ0v) is 15.3. The standard InChI is InChI=1S/C19H25N5O2/c1-12(2)10-21-19(25)24-15-5-6-16(24)9-14(8-15)18-22-17(23-26-18)13-4-3-7-20-11-13/h3-4,7,11-12,14-16H,5-6,8-10H2,1-2H3,(H,21,25)/t14?,15-,16+. The fourth-order valence-electron chi connectivity index (χ4n) is 4.11. The van der Waals surface area contributed by atoms with Gasteiger partial charge in [0.15, 0.2) is 0 Å². The third-order valence-electron chi connectivity index (χ3n) is 5.34. The molecular weight excluding hydrogens is 330 g/mol. The van der Waals surface area contributed by atoms with Gasteiger partial charge < -0.3 is 14.7 Å². The molecule has 2 aromatic heterocycles. The van der Waals surface area contributed by atoms with Crippen molar-refractivity contribution in [3.8, 4) is 11.4 Å². The first-order valence-corrected chi connectivity index (χ1v) is 9.42. The minimum atomic E-state index is 0.0752. The molecule has 2 aromatic rings. The molecule has 7 heteroatoms. The predicted molar refractivity (Wildman–Crippen MR) is 96.4 cm³/mol. The van der Waals surface area contributed by atoms with Crippen LogP contribution in [-0.4, -0.2) is 44.7 Å². The minimum absolute atomic E-state index is 0.0752. The first-order valence-electron chi connectivity index (χ1n) is 9.42. The maximum atomic E-state index is 12.6. The van der Waals surface area contributed by atoms with E-state index in [0.29, 0.717) is 17.6 Å². The summed E-state index contributed by atoms with van der Waals surface area (Å²) in [5.74, 6) is 1.94. The van der Waals surface area contributed by atoms with E-state index in [1.165, 1.54) is 0 Å². The van der Waals surface area contributed by atoms with Crippen molar-refractivity contribution in [1.82, 2.24) is 25.3 Å². The highest BCUT2D eigenvalue weighted by atomic mass is 16.5. The average molecular weight is 355 g/mol. The van der Waals surface area contributed by atoms with Crippen LogP contribution in [0.5, 0.6) is 0 Å². The van der Waals surface area contributed by atoms with E-state index in [4.69, 9.17) is 4.52 Å². The van der Waals surface area contributed by atoms with Crippen molar-refractivity contribution in [2.75, 3.05) is 6.54 Å². The quantitative estimate of drug-likeness (QED) is 0.910. The van der Waals surface area contributed by atoms with Crippen LogP contribution >= 0.6 is 0 Å². The Morgan fingerprint density at radius 2 is 2.12 bits per heavy atom. The van der Waals surface area contributed by atoms with E-state index in [2.05, 4.69) is 39.2 Å². The highest BCUT2D eigenvalue weighted by Crippen LogP contribution is 2.42. The maximum Gasteiger partial charge on any atom is 0.317 e. The second-order valence-electron chi connectivity index (χ2n) is 7.74. The number of amides is 2. The second kappa shape index (κ2) is 7.05. The minimum Gasteiger partial charge on any atom is -0.339 e. The Balaban J connectivity index is 1.44. The number of aromatic nitrogens is 3. The Kier molecular flexibility index (Phi) is 4.61. The van der Waals surface area contributed by atoms with Crippen LogP contribution < -0.4 is 5.32 Å². The molecule has 1 unspecified atom stereocenters. The Morgan fingerprint density at radius 1 is 1.35 bits per heavy atom. The van der Waals surface area contributed by atoms with Gasteiger partial charge >= 0.3 is 6.03 Å². The highest BCUT2D eigenvalue weighted by Gasteiger charge is 2.45. The van der Waals surface area contributed by atoms with Crippen molar-refractivity contribution < 1.29 is 9.32 Å². The summed E-state index contributed by atoms with van der Waals surface area (Å²) in [6.07, 6.45) is 7.35. The molecule has 2 amide bonds. The van der Waals surface area contributed by atoms with E-state index in [-0.39, 0.29) is 24.0 Å². The molecule has 2 aliphatic heterocycles. The number of carbonyl (C=O) groups excluding carboxylic acids is 1. The van der Waals surface area contributed by atoms with Gasteiger partial charge in [-0.1, -0.05) is 19.0 Å². The molecule has 1 N–H and O–H groups in total. The van der Waals surface area contributed by atoms with Gasteiger partial charge in [0.1, 0.15) is 0 Å². The summed E-state index contributed by atoms with van der Waals surface area (Å²) in [4.78, 5) is 23.3. The van der Waals surface area contributed by atoms with Crippen LogP contribution in [-0.2, 0) is 0 Å². The molecule has 0 radical (unpaired) electrons. The summed E-state index contributed by atoms with van der Waals surface area (Å²) in [6, 6.07) is 4.39. The van der Waals surface area contributed by atoms with Crippen LogP contribution in [0, 0.1) is 5.92 Å². The lowest BCUT2D eigenvalue weighted by Crippen LogP contribution is -2.51. The molecule has 0 aliphatic carbocycles. The van der Waals surface area contributed by atoms with Gasteiger partial charge in [-0.15, -0.1) is 0 Å². The third kappa shape index (κ3) is 3.30. The topological polar surface area (TPSA) is 84.2 Å². The number of urea groups is 1. The number of hydrogen-bond donors (Lipinski definition) is 1. The van der Waals surface area contributed by atoms with Crippen LogP contribution in [0.4, 0.5) is 4.79 Å². The molecule has 0 saturated carbocycles. The molecule has 2 aliphatic rings. The third-order valence-corrected chi connectivity index (χ3v) is 5.34. The van der Waals surface area contributed by atoms with Gasteiger partial charge in [-0.05, 0) is 43.7 Å². The largest absolute Gasteiger partial charge is 0.339 e. The van der Waals surface area contributed by atoms with Gasteiger partial charge in [0.25, 0.3) is 0 Å². The van der Waals surface area contributed by atoms with E-state index in [0.717, 1.165) is 37.8 Å². The first-order chi connectivity index (χ1) is 12.6. The Bertz CT molecular complexity index is 746. The number of hydrogen-bond acceptors (Lipinski definition) is 5. The number of nitrogens with one attached hydrogen (secondary N) is 1. The molecule has 138 valence electrons. The summed E-state index contributed by atoms with van der Waals surface area (Å²) < 4.78 is 5.55. The van der Waals surface area contributed by atoms with Gasteiger partial charge in [-0.3, -0.25) is 4.98 Å². The fourth-order valence-corrected chi connectivity index (χ4v) is 4.11. The van der Waals surface area contributed by atoms with Gasteiger partial charge in [0.05, 0.1) is 0 Å². The fraction of sp³-hybridized carbons (Fsp3) is 0.579. The molecule has 4 rings (SSSR count). The second-order valence-corrected chi connectivity index (χ2v) is 7.74. The van der Waals surface area contributed by atoms with E-state index in [1.807, 2.05) is 12.1 Å². The monoisotopic (exact) mass is 355 g/mol. The summed E-state index contributed by atoms with van der Waals surface area (Å²) in [5, 5.41) is 7.18. The molecule has 7 nitrogen and oxygen atoms in total. The molecule has 0 spiro atoms. The van der Waals surface area contributed by atoms with Crippen LogP contribution in [0.2, 0.25) is 0 Å². The Hall–Kier alpha value is -2.44. The van der Waals surface area contributed by atoms with Gasteiger partial charge in [0, 0.05) is 42.5 Å². The zero-order chi connectivity index (χ0) is 18.1. The SMILES string of the molecule is CC(C)CNC(=O)N1[C@@H]2CC[C@H]1CC(c1nc(-c3cccnc3)no1)C2. The van der Waals surface area contributed by atoms with E-state index in [9.17, 15) is 4.79 Å². The van der Waals surface area contributed by atoms with E-state index >= 15 is 0 Å². The lowest BCUT2D eigenvalue weighted by molar-refractivity contribution is 0.130. The van der Waals surface area contributed by atoms with Gasteiger partial charge in [-0.2, -0.15) is 4.98 Å². The van der Waals surface area contributed by atoms with Crippen molar-refractivity contribution in [3.63, 3.8) is 0 Å². The number of carbonyl (C=O) groups is 1. The van der Waals surface area contributed by atoms with Crippen molar-refractivity contribution in [2.45, 2.75) is 57.5 Å². The molecule has 26 heavy (non-hydrogen) atoms. The Labute approximate surface area is 153 Å². The van der Waals surface area contributed by atoms with Gasteiger partial charge in [-0.25, -0.2) is 4.79 Å². The van der Waals surface area contributed by atoms with Crippen molar-refractivity contribution in [3.05, 3.63) is 30.4 Å². The number of pyridine rings is 1. The number of fused-ring (bicyclic) bond motifs is 2. The van der Waals surface area contributed by atoms with E-state index < -0.39 is 0 Å². The normalized spacial score (nSPS) is 24.9. The van der Waals surface area contributed by atoms with Crippen molar-refractivity contribution in [1.29, 1.82) is 0 Å². The number of rotatable bonds is 4. The number of nitrogens with zero attached hydrogens (tertiary/aromatic N) is 4. The zero-order valence-electron chi connectivity index (χ0n) is 15.3. The highest BCUT2D eigenvalue weighted by molar-refractivity contribution is 5.75. The summed E-state index contributed by atoms with van der Waals surface area (Å²) in [6.45, 7) is 4.93. The average Bonchev–Trinajstić information content (AvgIpc) is 3.24. The van der Waals surface area contributed by atoms with Crippen LogP contribution in [0.15, 0.2) is 29.0 Å². The molecular formula is C19H25N5O2. The number of piperidine rings is 1. The lowest BCUT2D eigenvalue weighted by atomic mass is 9.91. The Morgan fingerprint density at radius 3 is 2.77 bits per heavy atom. The first kappa shape index (κ1) is 17.0.